The summed E-state index contributed by atoms with van der Waals surface area (Å²) in [6.45, 7) is 3.68. The maximum atomic E-state index is 12.8. The molecular weight excluding hydrogens is 441 g/mol. The number of fused-ring (bicyclic) bond motifs is 2. The molecule has 1 aliphatic heterocycles. The molecule has 1 saturated heterocycles. The third-order valence-corrected chi connectivity index (χ3v) is 6.37. The van der Waals surface area contributed by atoms with Crippen molar-refractivity contribution in [2.75, 3.05) is 23.3 Å². The Morgan fingerprint density at radius 2 is 1.97 bits per heavy atom. The van der Waals surface area contributed by atoms with Crippen LogP contribution in [0.4, 0.5) is 11.5 Å². The topological polar surface area (TPSA) is 99.8 Å². The second-order valence-electron chi connectivity index (χ2n) is 8.12. The average molecular weight is 460 g/mol. The number of hydrogen-bond acceptors (Lipinski definition) is 6. The van der Waals surface area contributed by atoms with Gasteiger partial charge in [-0.1, -0.05) is 23.2 Å². The van der Waals surface area contributed by atoms with Gasteiger partial charge in [0.1, 0.15) is 16.6 Å². The van der Waals surface area contributed by atoms with Crippen LogP contribution in [-0.4, -0.2) is 38.5 Å². The van der Waals surface area contributed by atoms with E-state index in [1.165, 1.54) is 16.9 Å². The molecule has 8 nitrogen and oxygen atoms in total. The summed E-state index contributed by atoms with van der Waals surface area (Å²) < 4.78 is 1.42. The number of carboxylic acid groups (broad SMARTS) is 1. The van der Waals surface area contributed by atoms with E-state index in [1.807, 2.05) is 6.92 Å². The van der Waals surface area contributed by atoms with E-state index in [2.05, 4.69) is 15.2 Å². The molecule has 160 valence electrons. The van der Waals surface area contributed by atoms with Crippen LogP contribution in [0.1, 0.15) is 35.4 Å². The molecule has 3 atom stereocenters. The summed E-state index contributed by atoms with van der Waals surface area (Å²) in [5.74, 6) is 0.875. The molecule has 2 aliphatic rings. The van der Waals surface area contributed by atoms with Crippen LogP contribution in [0.3, 0.4) is 0 Å². The van der Waals surface area contributed by atoms with Gasteiger partial charge in [-0.05, 0) is 43.4 Å². The molecule has 2 N–H and O–H groups in total. The number of rotatable bonds is 5. The summed E-state index contributed by atoms with van der Waals surface area (Å²) in [4.78, 5) is 35.2. The maximum absolute atomic E-state index is 12.8. The van der Waals surface area contributed by atoms with Gasteiger partial charge in [0.25, 0.3) is 5.56 Å². The number of nitrogens with one attached hydrogen (secondary N) is 1. The number of halogens is 2. The highest BCUT2D eigenvalue weighted by molar-refractivity contribution is 6.30. The molecule has 5 rings (SSSR count). The second-order valence-corrected chi connectivity index (χ2v) is 8.95. The van der Waals surface area contributed by atoms with Crippen LogP contribution in [-0.2, 0) is 0 Å². The lowest BCUT2D eigenvalue weighted by molar-refractivity contribution is 0.0691. The fourth-order valence-corrected chi connectivity index (χ4v) is 4.64. The van der Waals surface area contributed by atoms with Crippen LogP contribution in [0.25, 0.3) is 5.65 Å². The molecule has 0 spiro atoms. The fourth-order valence-electron chi connectivity index (χ4n) is 4.27. The summed E-state index contributed by atoms with van der Waals surface area (Å²) in [6, 6.07) is 5.93. The van der Waals surface area contributed by atoms with Gasteiger partial charge in [-0.2, -0.15) is 0 Å². The van der Waals surface area contributed by atoms with Gasteiger partial charge in [0, 0.05) is 30.9 Å². The highest BCUT2D eigenvalue weighted by Crippen LogP contribution is 2.45. The second kappa shape index (κ2) is 7.39. The first-order valence-electron chi connectivity index (χ1n) is 9.94. The van der Waals surface area contributed by atoms with E-state index >= 15 is 0 Å². The molecule has 0 bridgehead atoms. The lowest BCUT2D eigenvalue weighted by atomic mass is 10.1. The number of carbonyl (C=O) groups is 1. The van der Waals surface area contributed by atoms with E-state index in [0.29, 0.717) is 39.6 Å². The fraction of sp³-hybridized carbons (Fsp3) is 0.333. The molecule has 2 fully saturated rings. The van der Waals surface area contributed by atoms with Gasteiger partial charge < -0.3 is 15.3 Å². The van der Waals surface area contributed by atoms with E-state index < -0.39 is 12.0 Å². The number of pyridine rings is 2. The summed E-state index contributed by atoms with van der Waals surface area (Å²) in [6.07, 6.45) is 2.80. The molecule has 0 radical (unpaired) electrons. The number of carboxylic acids is 1. The van der Waals surface area contributed by atoms with Gasteiger partial charge in [-0.25, -0.2) is 14.8 Å². The number of aromatic carboxylic acids is 1. The molecule has 10 heteroatoms. The molecule has 2 unspecified atom stereocenters. The molecule has 3 aromatic heterocycles. The molecule has 31 heavy (non-hydrogen) atoms. The zero-order valence-corrected chi connectivity index (χ0v) is 18.1. The number of nitrogens with zero attached hydrogens (tertiary/aromatic N) is 4. The number of aromatic nitrogens is 3. The molecule has 0 aromatic carbocycles. The van der Waals surface area contributed by atoms with Crippen molar-refractivity contribution in [3.05, 3.63) is 62.2 Å². The quantitative estimate of drug-likeness (QED) is 0.560. The van der Waals surface area contributed by atoms with Crippen molar-refractivity contribution in [2.45, 2.75) is 19.4 Å². The monoisotopic (exact) mass is 459 g/mol. The molecule has 4 heterocycles. The Bertz CT molecular complexity index is 1270. The Hall–Kier alpha value is -2.84. The Balaban J connectivity index is 1.56. The predicted octanol–water partition coefficient (Wildman–Crippen LogP) is 3.72. The first-order valence-corrected chi connectivity index (χ1v) is 10.7. The van der Waals surface area contributed by atoms with Gasteiger partial charge in [0.15, 0.2) is 5.69 Å². The Labute approximate surface area is 187 Å². The van der Waals surface area contributed by atoms with Crippen molar-refractivity contribution in [2.24, 2.45) is 11.8 Å². The van der Waals surface area contributed by atoms with Crippen molar-refractivity contribution in [1.29, 1.82) is 0 Å². The van der Waals surface area contributed by atoms with Crippen molar-refractivity contribution in [3.8, 4) is 0 Å². The minimum atomic E-state index is -1.20. The van der Waals surface area contributed by atoms with Crippen LogP contribution in [0.2, 0.25) is 10.2 Å². The summed E-state index contributed by atoms with van der Waals surface area (Å²) >= 11 is 12.1. The van der Waals surface area contributed by atoms with E-state index in [9.17, 15) is 14.7 Å². The number of anilines is 2. The number of piperidine rings is 1. The zero-order valence-electron chi connectivity index (χ0n) is 16.5. The Morgan fingerprint density at radius 1 is 1.23 bits per heavy atom. The van der Waals surface area contributed by atoms with Crippen molar-refractivity contribution >= 4 is 46.3 Å². The molecule has 0 amide bonds. The van der Waals surface area contributed by atoms with E-state index in [-0.39, 0.29) is 16.4 Å². The molecule has 1 aliphatic carbocycles. The predicted molar refractivity (Wildman–Crippen MR) is 119 cm³/mol. The van der Waals surface area contributed by atoms with E-state index in [1.54, 1.807) is 24.4 Å². The normalized spacial score (nSPS) is 20.5. The third-order valence-electron chi connectivity index (χ3n) is 5.95. The lowest BCUT2D eigenvalue weighted by Crippen LogP contribution is -2.27. The summed E-state index contributed by atoms with van der Waals surface area (Å²) in [7, 11) is 0. The zero-order chi connectivity index (χ0) is 21.9. The first-order chi connectivity index (χ1) is 14.8. The van der Waals surface area contributed by atoms with Crippen molar-refractivity contribution < 1.29 is 9.90 Å². The first kappa shape index (κ1) is 20.1. The molecule has 3 aromatic rings. The maximum Gasteiger partial charge on any atom is 0.356 e. The molecule has 1 saturated carbocycles. The minimum Gasteiger partial charge on any atom is -0.476 e. The molecular formula is C21H19Cl2N5O3. The lowest BCUT2D eigenvalue weighted by Gasteiger charge is -2.22. The van der Waals surface area contributed by atoms with Gasteiger partial charge in [0.2, 0.25) is 0 Å². The average Bonchev–Trinajstić information content (AvgIpc) is 3.33. The van der Waals surface area contributed by atoms with Gasteiger partial charge in [-0.3, -0.25) is 9.20 Å². The largest absolute Gasteiger partial charge is 0.476 e. The van der Waals surface area contributed by atoms with Gasteiger partial charge >= 0.3 is 5.97 Å². The minimum absolute atomic E-state index is 0.0883. The van der Waals surface area contributed by atoms with Crippen molar-refractivity contribution in [3.63, 3.8) is 0 Å². The SMILES string of the molecule is C[C@@H](Nc1ccc(Cl)nc1C(=O)O)c1cc(Cl)cn2c(=O)cc(N3CC4CC4C3)nc12. The van der Waals surface area contributed by atoms with E-state index in [4.69, 9.17) is 28.2 Å². The highest BCUT2D eigenvalue weighted by Gasteiger charge is 2.45. The van der Waals surface area contributed by atoms with Crippen LogP contribution >= 0.6 is 23.2 Å². The van der Waals surface area contributed by atoms with E-state index in [0.717, 1.165) is 13.1 Å². The van der Waals surface area contributed by atoms with Crippen LogP contribution < -0.4 is 15.8 Å². The number of hydrogen-bond donors (Lipinski definition) is 2. The van der Waals surface area contributed by atoms with Crippen LogP contribution in [0, 0.1) is 11.8 Å². The van der Waals surface area contributed by atoms with Gasteiger partial charge in [-0.15, -0.1) is 0 Å². The summed E-state index contributed by atoms with van der Waals surface area (Å²) in [5, 5.41) is 13.1. The Kier molecular flexibility index (Phi) is 4.79. The van der Waals surface area contributed by atoms with Gasteiger partial charge in [0.05, 0.1) is 16.8 Å². The van der Waals surface area contributed by atoms with Crippen LogP contribution in [0.5, 0.6) is 0 Å². The third kappa shape index (κ3) is 3.70. The smallest absolute Gasteiger partial charge is 0.356 e. The van der Waals surface area contributed by atoms with Crippen molar-refractivity contribution in [1.82, 2.24) is 14.4 Å². The Morgan fingerprint density at radius 3 is 2.68 bits per heavy atom. The highest BCUT2D eigenvalue weighted by atomic mass is 35.5. The summed E-state index contributed by atoms with van der Waals surface area (Å²) in [5.41, 5.74) is 1.05. The standard InChI is InChI=1S/C21H19Cl2N5O3/c1-10(24-15-2-3-16(23)25-19(15)21(30)31)14-5-13(22)9-28-18(29)6-17(26-20(14)28)27-7-11-4-12(11)8-27/h2-3,5-6,9-12,24H,4,7-8H2,1H3,(H,30,31)/t10-,11?,12?/m1/s1. The van der Waals surface area contributed by atoms with Crippen LogP contribution in [0.15, 0.2) is 35.3 Å².